The maximum absolute atomic E-state index is 12.0. The van der Waals surface area contributed by atoms with Gasteiger partial charge in [0.15, 0.2) is 0 Å². The van der Waals surface area contributed by atoms with Crippen LogP contribution in [0, 0.1) is 0 Å². The van der Waals surface area contributed by atoms with Crippen LogP contribution in [0.1, 0.15) is 24.1 Å². The number of aryl methyl sites for hydroxylation is 2. The molecule has 0 saturated carbocycles. The van der Waals surface area contributed by atoms with Crippen LogP contribution < -0.4 is 11.1 Å². The van der Waals surface area contributed by atoms with Crippen molar-refractivity contribution in [2.45, 2.75) is 19.4 Å². The van der Waals surface area contributed by atoms with E-state index < -0.39 is 6.04 Å². The fraction of sp³-hybridized carbons (Fsp3) is 0.364. The van der Waals surface area contributed by atoms with Crippen LogP contribution in [0.3, 0.4) is 0 Å². The number of nitrogens with one attached hydrogen (secondary N) is 2. The average molecular weight is 248 g/mol. The number of H-pyrrole nitrogens is 1. The molecule has 7 nitrogen and oxygen atoms in total. The Morgan fingerprint density at radius 2 is 2.39 bits per heavy atom. The van der Waals surface area contributed by atoms with Crippen LogP contribution >= 0.6 is 0 Å². The summed E-state index contributed by atoms with van der Waals surface area (Å²) in [6.45, 7) is 1.99. The van der Waals surface area contributed by atoms with E-state index in [1.165, 1.54) is 0 Å². The van der Waals surface area contributed by atoms with Crippen molar-refractivity contribution in [2.24, 2.45) is 12.8 Å². The molecule has 96 valence electrons. The van der Waals surface area contributed by atoms with Crippen LogP contribution in [-0.2, 0) is 18.3 Å². The Bertz CT molecular complexity index is 543. The number of aromatic nitrogens is 4. The van der Waals surface area contributed by atoms with Crippen LogP contribution in [0.2, 0.25) is 0 Å². The van der Waals surface area contributed by atoms with E-state index in [1.807, 2.05) is 6.92 Å². The first-order valence-electron chi connectivity index (χ1n) is 5.69. The molecule has 0 aliphatic carbocycles. The highest BCUT2D eigenvalue weighted by atomic mass is 16.2. The number of hydrogen-bond donors (Lipinski definition) is 3. The molecule has 0 spiro atoms. The third-order valence-corrected chi connectivity index (χ3v) is 2.71. The zero-order valence-electron chi connectivity index (χ0n) is 10.3. The number of anilines is 1. The lowest BCUT2D eigenvalue weighted by atomic mass is 10.1. The molecule has 4 N–H and O–H groups in total. The Balaban J connectivity index is 2.08. The van der Waals surface area contributed by atoms with Gasteiger partial charge in [-0.1, -0.05) is 6.92 Å². The third-order valence-electron chi connectivity index (χ3n) is 2.71. The quantitative estimate of drug-likeness (QED) is 0.726. The highest BCUT2D eigenvalue weighted by Crippen LogP contribution is 2.15. The van der Waals surface area contributed by atoms with Gasteiger partial charge in [0, 0.05) is 24.4 Å². The number of nitrogens with zero attached hydrogens (tertiary/aromatic N) is 3. The van der Waals surface area contributed by atoms with Crippen molar-refractivity contribution < 1.29 is 4.79 Å². The van der Waals surface area contributed by atoms with Crippen molar-refractivity contribution in [2.75, 3.05) is 5.32 Å². The molecule has 0 saturated heterocycles. The van der Waals surface area contributed by atoms with Gasteiger partial charge in [0.25, 0.3) is 0 Å². The molecule has 0 aromatic carbocycles. The molecule has 0 fully saturated rings. The van der Waals surface area contributed by atoms with Crippen molar-refractivity contribution in [3.63, 3.8) is 0 Å². The summed E-state index contributed by atoms with van der Waals surface area (Å²) in [6, 6.07) is -0.744. The maximum atomic E-state index is 12.0. The van der Waals surface area contributed by atoms with Crippen molar-refractivity contribution >= 4 is 11.7 Å². The fourth-order valence-corrected chi connectivity index (χ4v) is 1.64. The Morgan fingerprint density at radius 3 is 3.00 bits per heavy atom. The molecule has 0 radical (unpaired) electrons. The maximum Gasteiger partial charge on any atom is 0.247 e. The molecule has 2 rings (SSSR count). The van der Waals surface area contributed by atoms with E-state index in [1.54, 1.807) is 30.3 Å². The zero-order chi connectivity index (χ0) is 13.1. The van der Waals surface area contributed by atoms with Gasteiger partial charge >= 0.3 is 0 Å². The number of carbonyl (C=O) groups excluding carboxylic acids is 1. The highest BCUT2D eigenvalue weighted by Gasteiger charge is 2.18. The van der Waals surface area contributed by atoms with E-state index in [0.29, 0.717) is 11.4 Å². The van der Waals surface area contributed by atoms with Crippen LogP contribution in [0.15, 0.2) is 18.6 Å². The minimum atomic E-state index is -0.744. The molecule has 1 unspecified atom stereocenters. The van der Waals surface area contributed by atoms with E-state index in [9.17, 15) is 4.79 Å². The number of amides is 1. The van der Waals surface area contributed by atoms with Gasteiger partial charge in [0.2, 0.25) is 5.91 Å². The number of carbonyl (C=O) groups is 1. The second-order valence-corrected chi connectivity index (χ2v) is 4.04. The minimum absolute atomic E-state index is 0.290. The molecule has 0 aliphatic heterocycles. The van der Waals surface area contributed by atoms with Crippen molar-refractivity contribution in [1.29, 1.82) is 0 Å². The van der Waals surface area contributed by atoms with Crippen LogP contribution in [0.25, 0.3) is 0 Å². The molecule has 2 aromatic heterocycles. The summed E-state index contributed by atoms with van der Waals surface area (Å²) < 4.78 is 1.61. The second-order valence-electron chi connectivity index (χ2n) is 4.04. The molecule has 1 atom stereocenters. The van der Waals surface area contributed by atoms with Crippen LogP contribution in [0.5, 0.6) is 0 Å². The molecule has 0 aliphatic rings. The number of nitrogens with two attached hydrogens (primary N) is 1. The molecular formula is C11H16N6O. The van der Waals surface area contributed by atoms with Crippen LogP contribution in [-0.4, -0.2) is 25.9 Å². The van der Waals surface area contributed by atoms with Crippen LogP contribution in [0.4, 0.5) is 5.82 Å². The first-order chi connectivity index (χ1) is 8.61. The van der Waals surface area contributed by atoms with Crippen molar-refractivity contribution in [3.05, 3.63) is 29.7 Å². The van der Waals surface area contributed by atoms with Gasteiger partial charge in [0.1, 0.15) is 11.9 Å². The van der Waals surface area contributed by atoms with E-state index in [4.69, 9.17) is 5.73 Å². The zero-order valence-corrected chi connectivity index (χ0v) is 10.3. The lowest BCUT2D eigenvalue weighted by molar-refractivity contribution is -0.117. The van der Waals surface area contributed by atoms with Gasteiger partial charge in [0.05, 0.1) is 12.4 Å². The van der Waals surface area contributed by atoms with Gasteiger partial charge in [-0.3, -0.25) is 14.6 Å². The monoisotopic (exact) mass is 248 g/mol. The normalized spacial score (nSPS) is 12.4. The predicted molar refractivity (Wildman–Crippen MR) is 66.7 cm³/mol. The van der Waals surface area contributed by atoms with E-state index in [2.05, 4.69) is 20.6 Å². The summed E-state index contributed by atoms with van der Waals surface area (Å²) in [5.74, 6) is 0.309. The lowest BCUT2D eigenvalue weighted by Gasteiger charge is -2.10. The standard InChI is InChI=1S/C11H16N6O/c1-3-7-4-13-16-10(7)15-11(18)9(12)8-5-14-17(2)6-8/h4-6,9H,3,12H2,1-2H3,(H2,13,15,16,18). The van der Waals surface area contributed by atoms with Gasteiger partial charge in [-0.25, -0.2) is 0 Å². The molecular weight excluding hydrogens is 232 g/mol. The SMILES string of the molecule is CCc1cn[nH]c1NC(=O)C(N)c1cnn(C)c1. The Hall–Kier alpha value is -2.15. The fourth-order valence-electron chi connectivity index (χ4n) is 1.64. The van der Waals surface area contributed by atoms with Gasteiger partial charge in [-0.15, -0.1) is 0 Å². The summed E-state index contributed by atoms with van der Waals surface area (Å²) in [7, 11) is 1.78. The molecule has 2 heterocycles. The predicted octanol–water partition coefficient (Wildman–Crippen LogP) is 0.344. The average Bonchev–Trinajstić information content (AvgIpc) is 2.96. The number of aromatic amines is 1. The molecule has 1 amide bonds. The Kier molecular flexibility index (Phi) is 3.42. The second kappa shape index (κ2) is 5.01. The number of rotatable bonds is 4. The summed E-state index contributed by atoms with van der Waals surface area (Å²) >= 11 is 0. The van der Waals surface area contributed by atoms with Gasteiger partial charge in [-0.05, 0) is 6.42 Å². The first kappa shape index (κ1) is 12.3. The molecule has 0 bridgehead atoms. The van der Waals surface area contributed by atoms with E-state index in [0.717, 1.165) is 12.0 Å². The highest BCUT2D eigenvalue weighted by molar-refractivity contribution is 5.95. The summed E-state index contributed by atoms with van der Waals surface area (Å²) in [4.78, 5) is 12.0. The van der Waals surface area contributed by atoms with Crippen molar-refractivity contribution in [1.82, 2.24) is 20.0 Å². The summed E-state index contributed by atoms with van der Waals surface area (Å²) in [5, 5.41) is 13.3. The molecule has 7 heteroatoms. The Morgan fingerprint density at radius 1 is 1.61 bits per heavy atom. The van der Waals surface area contributed by atoms with Gasteiger partial charge < -0.3 is 11.1 Å². The third kappa shape index (κ3) is 2.40. The smallest absolute Gasteiger partial charge is 0.247 e. The minimum Gasteiger partial charge on any atom is -0.316 e. The molecule has 18 heavy (non-hydrogen) atoms. The topological polar surface area (TPSA) is 102 Å². The summed E-state index contributed by atoms with van der Waals surface area (Å²) in [6.07, 6.45) is 5.77. The molecule has 2 aromatic rings. The van der Waals surface area contributed by atoms with E-state index >= 15 is 0 Å². The largest absolute Gasteiger partial charge is 0.316 e. The van der Waals surface area contributed by atoms with Crippen molar-refractivity contribution in [3.8, 4) is 0 Å². The van der Waals surface area contributed by atoms with Gasteiger partial charge in [-0.2, -0.15) is 10.2 Å². The summed E-state index contributed by atoms with van der Waals surface area (Å²) in [5.41, 5.74) is 7.48. The lowest BCUT2D eigenvalue weighted by Crippen LogP contribution is -2.28. The van der Waals surface area contributed by atoms with E-state index in [-0.39, 0.29) is 5.91 Å². The first-order valence-corrected chi connectivity index (χ1v) is 5.69. The Labute approximate surface area is 104 Å². The number of hydrogen-bond acceptors (Lipinski definition) is 4.